The average Bonchev–Trinajstić information content (AvgIpc) is 2.48. The zero-order valence-electron chi connectivity index (χ0n) is 12.0. The molecule has 0 radical (unpaired) electrons. The van der Waals surface area contributed by atoms with Crippen molar-refractivity contribution in [3.8, 4) is 0 Å². The van der Waals surface area contributed by atoms with E-state index in [2.05, 4.69) is 10.3 Å². The van der Waals surface area contributed by atoms with Crippen LogP contribution in [-0.2, 0) is 16.1 Å². The smallest absolute Gasteiger partial charge is 0.317 e. The second-order valence-electron chi connectivity index (χ2n) is 4.70. The van der Waals surface area contributed by atoms with Crippen LogP contribution in [0.4, 0.5) is 4.39 Å². The van der Waals surface area contributed by atoms with E-state index >= 15 is 0 Å². The maximum absolute atomic E-state index is 13.2. The number of hydrogen-bond donors (Lipinski definition) is 2. The molecule has 1 amide bonds. The van der Waals surface area contributed by atoms with Crippen molar-refractivity contribution in [2.45, 2.75) is 13.0 Å². The molecule has 1 aromatic heterocycles. The van der Waals surface area contributed by atoms with Crippen molar-refractivity contribution >= 4 is 16.9 Å². The van der Waals surface area contributed by atoms with Gasteiger partial charge in [0.05, 0.1) is 11.0 Å². The summed E-state index contributed by atoms with van der Waals surface area (Å²) in [6, 6.07) is 3.61. The Bertz CT molecular complexity index is 797. The lowest BCUT2D eigenvalue weighted by molar-refractivity contribution is -0.121. The minimum absolute atomic E-state index is 0.164. The number of ether oxygens (including phenoxy) is 1. The Morgan fingerprint density at radius 3 is 2.91 bits per heavy atom. The van der Waals surface area contributed by atoms with Gasteiger partial charge >= 0.3 is 11.1 Å². The standard InChI is InChI=1S/C14H16FN3O4/c1-22-6-2-5-16-12(19)8-18-11-4-3-9(15)7-10(11)17-13(20)14(18)21/h3-4,7H,2,5-6,8H2,1H3,(H,16,19)(H,17,20). The van der Waals surface area contributed by atoms with Gasteiger partial charge in [0.15, 0.2) is 0 Å². The summed E-state index contributed by atoms with van der Waals surface area (Å²) >= 11 is 0. The molecular formula is C14H16FN3O4. The third-order valence-corrected chi connectivity index (χ3v) is 3.09. The molecule has 118 valence electrons. The van der Waals surface area contributed by atoms with Crippen LogP contribution in [0.15, 0.2) is 27.8 Å². The molecule has 22 heavy (non-hydrogen) atoms. The minimum atomic E-state index is -0.898. The molecule has 2 N–H and O–H groups in total. The number of carbonyl (C=O) groups excluding carboxylic acids is 1. The monoisotopic (exact) mass is 309 g/mol. The molecule has 0 bridgehead atoms. The van der Waals surface area contributed by atoms with Crippen molar-refractivity contribution in [3.05, 3.63) is 44.7 Å². The van der Waals surface area contributed by atoms with Crippen molar-refractivity contribution in [2.75, 3.05) is 20.3 Å². The molecule has 1 aromatic carbocycles. The molecule has 0 saturated carbocycles. The zero-order valence-corrected chi connectivity index (χ0v) is 12.0. The quantitative estimate of drug-likeness (QED) is 0.579. The molecule has 1 heterocycles. The van der Waals surface area contributed by atoms with E-state index in [0.717, 1.165) is 16.7 Å². The van der Waals surface area contributed by atoms with Crippen LogP contribution in [0.25, 0.3) is 11.0 Å². The second-order valence-corrected chi connectivity index (χ2v) is 4.70. The predicted molar refractivity (Wildman–Crippen MR) is 78.3 cm³/mol. The topological polar surface area (TPSA) is 93.2 Å². The highest BCUT2D eigenvalue weighted by Crippen LogP contribution is 2.10. The number of aromatic nitrogens is 2. The number of methoxy groups -OCH3 is 1. The minimum Gasteiger partial charge on any atom is -0.385 e. The fourth-order valence-electron chi connectivity index (χ4n) is 2.05. The summed E-state index contributed by atoms with van der Waals surface area (Å²) in [5.74, 6) is -0.952. The van der Waals surface area contributed by atoms with Gasteiger partial charge in [0.25, 0.3) is 0 Å². The summed E-state index contributed by atoms with van der Waals surface area (Å²) in [6.45, 7) is 0.600. The molecule has 0 atom stereocenters. The van der Waals surface area contributed by atoms with Crippen LogP contribution < -0.4 is 16.4 Å². The molecule has 2 rings (SSSR count). The van der Waals surface area contributed by atoms with Crippen molar-refractivity contribution in [1.29, 1.82) is 0 Å². The molecule has 0 aliphatic rings. The van der Waals surface area contributed by atoms with E-state index in [4.69, 9.17) is 4.74 Å². The molecule has 2 aromatic rings. The lowest BCUT2D eigenvalue weighted by Gasteiger charge is -2.10. The maximum Gasteiger partial charge on any atom is 0.317 e. The average molecular weight is 309 g/mol. The lowest BCUT2D eigenvalue weighted by atomic mass is 10.3. The zero-order chi connectivity index (χ0) is 16.1. The van der Waals surface area contributed by atoms with E-state index in [0.29, 0.717) is 19.6 Å². The highest BCUT2D eigenvalue weighted by atomic mass is 19.1. The third kappa shape index (κ3) is 3.59. The first-order valence-electron chi connectivity index (χ1n) is 6.71. The van der Waals surface area contributed by atoms with Crippen LogP contribution >= 0.6 is 0 Å². The normalized spacial score (nSPS) is 10.8. The van der Waals surface area contributed by atoms with Crippen molar-refractivity contribution in [1.82, 2.24) is 14.9 Å². The summed E-state index contributed by atoms with van der Waals surface area (Å²) in [5, 5.41) is 2.62. The van der Waals surface area contributed by atoms with Gasteiger partial charge in [-0.25, -0.2) is 4.39 Å². The van der Waals surface area contributed by atoms with Gasteiger partial charge in [0.2, 0.25) is 5.91 Å². The Balaban J connectivity index is 2.26. The van der Waals surface area contributed by atoms with Crippen LogP contribution in [0.1, 0.15) is 6.42 Å². The van der Waals surface area contributed by atoms with E-state index in [1.165, 1.54) is 6.07 Å². The number of nitrogens with one attached hydrogen (secondary N) is 2. The Labute approximate surface area is 124 Å². The number of carbonyl (C=O) groups is 1. The SMILES string of the molecule is COCCCNC(=O)Cn1c(=O)c(=O)[nH]c2cc(F)ccc21. The number of halogens is 1. The Kier molecular flexibility index (Phi) is 5.05. The van der Waals surface area contributed by atoms with Gasteiger partial charge in [0.1, 0.15) is 12.4 Å². The van der Waals surface area contributed by atoms with Crippen molar-refractivity contribution < 1.29 is 13.9 Å². The van der Waals surface area contributed by atoms with Gasteiger partial charge in [-0.1, -0.05) is 0 Å². The number of aromatic amines is 1. The van der Waals surface area contributed by atoms with Crippen LogP contribution in [0.5, 0.6) is 0 Å². The highest BCUT2D eigenvalue weighted by Gasteiger charge is 2.11. The van der Waals surface area contributed by atoms with Gasteiger partial charge in [-0.15, -0.1) is 0 Å². The predicted octanol–water partition coefficient (Wildman–Crippen LogP) is -0.0184. The second kappa shape index (κ2) is 6.99. The van der Waals surface area contributed by atoms with E-state index in [1.807, 2.05) is 0 Å². The summed E-state index contributed by atoms with van der Waals surface area (Å²) in [7, 11) is 1.56. The Morgan fingerprint density at radius 1 is 1.41 bits per heavy atom. The van der Waals surface area contributed by atoms with Gasteiger partial charge in [-0.3, -0.25) is 19.0 Å². The number of fused-ring (bicyclic) bond motifs is 1. The number of amides is 1. The molecule has 7 nitrogen and oxygen atoms in total. The van der Waals surface area contributed by atoms with Gasteiger partial charge in [-0.2, -0.15) is 0 Å². The highest BCUT2D eigenvalue weighted by molar-refractivity contribution is 5.79. The van der Waals surface area contributed by atoms with Crippen LogP contribution in [0, 0.1) is 5.82 Å². The maximum atomic E-state index is 13.2. The van der Waals surface area contributed by atoms with E-state index in [9.17, 15) is 18.8 Å². The van der Waals surface area contributed by atoms with Gasteiger partial charge < -0.3 is 15.0 Å². The summed E-state index contributed by atoms with van der Waals surface area (Å²) in [4.78, 5) is 37.6. The molecule has 8 heteroatoms. The number of hydrogen-bond acceptors (Lipinski definition) is 4. The van der Waals surface area contributed by atoms with Crippen LogP contribution in [0.3, 0.4) is 0 Å². The first-order chi connectivity index (χ1) is 10.5. The van der Waals surface area contributed by atoms with E-state index < -0.39 is 22.8 Å². The van der Waals surface area contributed by atoms with Crippen molar-refractivity contribution in [2.24, 2.45) is 0 Å². The third-order valence-electron chi connectivity index (χ3n) is 3.09. The number of benzene rings is 1. The van der Waals surface area contributed by atoms with E-state index in [-0.39, 0.29) is 17.6 Å². The first-order valence-corrected chi connectivity index (χ1v) is 6.71. The number of rotatable bonds is 6. The van der Waals surface area contributed by atoms with Crippen LogP contribution in [-0.4, -0.2) is 35.7 Å². The fourth-order valence-corrected chi connectivity index (χ4v) is 2.05. The van der Waals surface area contributed by atoms with E-state index in [1.54, 1.807) is 7.11 Å². The first kappa shape index (κ1) is 15.9. The molecule has 0 saturated heterocycles. The van der Waals surface area contributed by atoms with Gasteiger partial charge in [-0.05, 0) is 24.6 Å². The Morgan fingerprint density at radius 2 is 2.18 bits per heavy atom. The molecule has 0 aliphatic heterocycles. The number of H-pyrrole nitrogens is 1. The number of nitrogens with zero attached hydrogens (tertiary/aromatic N) is 1. The molecule has 0 aliphatic carbocycles. The molecule has 0 unspecified atom stereocenters. The van der Waals surface area contributed by atoms with Crippen molar-refractivity contribution in [3.63, 3.8) is 0 Å². The summed E-state index contributed by atoms with van der Waals surface area (Å²) < 4.78 is 19.1. The Hall–Kier alpha value is -2.48. The molecule has 0 fully saturated rings. The summed E-state index contributed by atoms with van der Waals surface area (Å²) in [6.07, 6.45) is 0.637. The summed E-state index contributed by atoms with van der Waals surface area (Å²) in [5.41, 5.74) is -1.30. The molecular weight excluding hydrogens is 293 g/mol. The molecule has 0 spiro atoms. The van der Waals surface area contributed by atoms with Gasteiger partial charge in [0, 0.05) is 20.3 Å². The van der Waals surface area contributed by atoms with Crippen LogP contribution in [0.2, 0.25) is 0 Å². The fraction of sp³-hybridized carbons (Fsp3) is 0.357. The lowest BCUT2D eigenvalue weighted by Crippen LogP contribution is -2.40. The largest absolute Gasteiger partial charge is 0.385 e.